The fraction of sp³-hybridized carbons (Fsp3) is 0.400. The van der Waals surface area contributed by atoms with Crippen LogP contribution in [0.1, 0.15) is 48.9 Å². The maximum absolute atomic E-state index is 13.8. The zero-order valence-electron chi connectivity index (χ0n) is 18.8. The third-order valence-electron chi connectivity index (χ3n) is 6.06. The number of nitrogens with zero attached hydrogens (tertiary/aromatic N) is 2. The summed E-state index contributed by atoms with van der Waals surface area (Å²) in [5, 5.41) is 2.92. The van der Waals surface area contributed by atoms with E-state index in [0.717, 1.165) is 28.9 Å². The Hall–Kier alpha value is -3.15. The highest BCUT2D eigenvalue weighted by Crippen LogP contribution is 2.36. The van der Waals surface area contributed by atoms with Gasteiger partial charge in [0, 0.05) is 13.1 Å². The number of urea groups is 1. The number of benzene rings is 2. The van der Waals surface area contributed by atoms with Gasteiger partial charge in [-0.1, -0.05) is 61.9 Å². The third kappa shape index (κ3) is 4.20. The molecule has 2 aromatic carbocycles. The maximum Gasteiger partial charge on any atom is 0.326 e. The van der Waals surface area contributed by atoms with Gasteiger partial charge in [0.25, 0.3) is 5.91 Å². The van der Waals surface area contributed by atoms with Crippen molar-refractivity contribution in [2.24, 2.45) is 0 Å². The summed E-state index contributed by atoms with van der Waals surface area (Å²) in [6, 6.07) is 14.4. The third-order valence-corrected chi connectivity index (χ3v) is 6.06. The fourth-order valence-corrected chi connectivity index (χ4v) is 3.98. The van der Waals surface area contributed by atoms with Crippen LogP contribution in [0, 0.1) is 13.8 Å². The molecule has 1 atom stereocenters. The highest BCUT2D eigenvalue weighted by molar-refractivity contribution is 6.11. The summed E-state index contributed by atoms with van der Waals surface area (Å²) in [6.45, 7) is 8.86. The average molecular weight is 422 g/mol. The quantitative estimate of drug-likeness (QED) is 0.660. The van der Waals surface area contributed by atoms with Crippen molar-refractivity contribution in [1.29, 1.82) is 0 Å². The second kappa shape index (κ2) is 9.33. The number of amides is 4. The van der Waals surface area contributed by atoms with Crippen molar-refractivity contribution < 1.29 is 14.4 Å². The first-order valence-electron chi connectivity index (χ1n) is 10.9. The van der Waals surface area contributed by atoms with E-state index in [0.29, 0.717) is 24.2 Å². The molecule has 6 heteroatoms. The molecule has 0 spiro atoms. The van der Waals surface area contributed by atoms with Crippen LogP contribution in [0.15, 0.2) is 48.5 Å². The molecule has 1 aliphatic rings. The number of nitrogens with one attached hydrogen (secondary N) is 1. The minimum Gasteiger partial charge on any atom is -0.341 e. The lowest BCUT2D eigenvalue weighted by Gasteiger charge is -2.29. The predicted molar refractivity (Wildman–Crippen MR) is 121 cm³/mol. The lowest BCUT2D eigenvalue weighted by Crippen LogP contribution is -2.46. The summed E-state index contributed by atoms with van der Waals surface area (Å²) in [4.78, 5) is 42.4. The van der Waals surface area contributed by atoms with Crippen LogP contribution < -0.4 is 5.32 Å². The number of likely N-dealkylation sites (N-methyl/N-ethyl adjacent to an activating group) is 1. The van der Waals surface area contributed by atoms with Crippen molar-refractivity contribution >= 4 is 17.8 Å². The van der Waals surface area contributed by atoms with Gasteiger partial charge in [-0.3, -0.25) is 14.5 Å². The van der Waals surface area contributed by atoms with Gasteiger partial charge in [0.1, 0.15) is 6.54 Å². The van der Waals surface area contributed by atoms with Crippen molar-refractivity contribution in [3.8, 4) is 0 Å². The van der Waals surface area contributed by atoms with E-state index < -0.39 is 17.5 Å². The second-order valence-electron chi connectivity index (χ2n) is 8.06. The molecule has 1 fully saturated rings. The lowest BCUT2D eigenvalue weighted by molar-refractivity contribution is -0.138. The van der Waals surface area contributed by atoms with Crippen molar-refractivity contribution in [2.45, 2.75) is 46.1 Å². The molecule has 1 saturated heterocycles. The molecule has 6 nitrogen and oxygen atoms in total. The number of hydrogen-bond donors (Lipinski definition) is 1. The predicted octanol–water partition coefficient (Wildman–Crippen LogP) is 3.75. The first-order valence-corrected chi connectivity index (χ1v) is 10.9. The summed E-state index contributed by atoms with van der Waals surface area (Å²) in [6.07, 6.45) is 1.85. The van der Waals surface area contributed by atoms with Crippen LogP contribution in [0.3, 0.4) is 0 Å². The minimum absolute atomic E-state index is 0.219. The fourth-order valence-electron chi connectivity index (χ4n) is 3.98. The van der Waals surface area contributed by atoms with Crippen molar-refractivity contribution in [1.82, 2.24) is 15.1 Å². The zero-order valence-corrected chi connectivity index (χ0v) is 18.8. The van der Waals surface area contributed by atoms with Crippen LogP contribution in [0.4, 0.5) is 4.79 Å². The van der Waals surface area contributed by atoms with E-state index in [1.165, 1.54) is 0 Å². The summed E-state index contributed by atoms with van der Waals surface area (Å²) >= 11 is 0. The van der Waals surface area contributed by atoms with E-state index >= 15 is 0 Å². The van der Waals surface area contributed by atoms with Gasteiger partial charge < -0.3 is 10.2 Å². The number of unbranched alkanes of at least 4 members (excludes halogenated alkanes) is 1. The molecule has 3 rings (SSSR count). The minimum atomic E-state index is -1.35. The van der Waals surface area contributed by atoms with Gasteiger partial charge in [-0.15, -0.1) is 0 Å². The van der Waals surface area contributed by atoms with Gasteiger partial charge in [0.05, 0.1) is 0 Å². The van der Waals surface area contributed by atoms with Gasteiger partial charge in [0.15, 0.2) is 5.54 Å². The molecular weight excluding hydrogens is 390 g/mol. The molecule has 0 aromatic heterocycles. The van der Waals surface area contributed by atoms with E-state index in [1.807, 2.05) is 69.3 Å². The summed E-state index contributed by atoms with van der Waals surface area (Å²) in [5.74, 6) is -0.643. The van der Waals surface area contributed by atoms with E-state index in [9.17, 15) is 14.4 Å². The highest BCUT2D eigenvalue weighted by atomic mass is 16.2. The van der Waals surface area contributed by atoms with Gasteiger partial charge >= 0.3 is 6.03 Å². The summed E-state index contributed by atoms with van der Waals surface area (Å²) < 4.78 is 0. The number of carbonyl (C=O) groups is 3. The Morgan fingerprint density at radius 2 is 1.71 bits per heavy atom. The number of hydrogen-bond acceptors (Lipinski definition) is 3. The number of imide groups is 1. The van der Waals surface area contributed by atoms with E-state index in [-0.39, 0.29) is 12.5 Å². The van der Waals surface area contributed by atoms with Crippen molar-refractivity contribution in [3.63, 3.8) is 0 Å². The first-order chi connectivity index (χ1) is 14.8. The number of rotatable bonds is 8. The van der Waals surface area contributed by atoms with Crippen LogP contribution >= 0.6 is 0 Å². The van der Waals surface area contributed by atoms with Crippen LogP contribution in [-0.2, 0) is 15.1 Å². The Balaban J connectivity index is 2.00. The molecule has 1 heterocycles. The molecule has 0 unspecified atom stereocenters. The molecule has 1 N–H and O–H groups in total. The molecular formula is C25H31N3O3. The Kier molecular flexibility index (Phi) is 6.78. The largest absolute Gasteiger partial charge is 0.341 e. The van der Waals surface area contributed by atoms with Gasteiger partial charge in [-0.2, -0.15) is 0 Å². The zero-order chi connectivity index (χ0) is 22.6. The maximum atomic E-state index is 13.8. The number of aryl methyl sites for hydroxylation is 2. The van der Waals surface area contributed by atoms with Gasteiger partial charge in [-0.05, 0) is 49.4 Å². The Bertz CT molecular complexity index is 973. The van der Waals surface area contributed by atoms with Crippen molar-refractivity contribution in [2.75, 3.05) is 19.6 Å². The smallest absolute Gasteiger partial charge is 0.326 e. The lowest BCUT2D eigenvalue weighted by atomic mass is 9.81. The van der Waals surface area contributed by atoms with Gasteiger partial charge in [0.2, 0.25) is 5.91 Å². The molecule has 31 heavy (non-hydrogen) atoms. The second-order valence-corrected chi connectivity index (χ2v) is 8.06. The Labute approximate surface area is 184 Å². The normalized spacial score (nSPS) is 18.3. The summed E-state index contributed by atoms with van der Waals surface area (Å²) in [5.41, 5.74) is 2.14. The molecule has 2 aromatic rings. The van der Waals surface area contributed by atoms with E-state index in [4.69, 9.17) is 0 Å². The topological polar surface area (TPSA) is 69.7 Å². The monoisotopic (exact) mass is 421 g/mol. The summed E-state index contributed by atoms with van der Waals surface area (Å²) in [7, 11) is 0. The first kappa shape index (κ1) is 22.5. The molecule has 164 valence electrons. The molecule has 0 bridgehead atoms. The van der Waals surface area contributed by atoms with Crippen LogP contribution in [0.25, 0.3) is 0 Å². The molecule has 4 amide bonds. The molecule has 0 radical (unpaired) electrons. The standard InChI is InChI=1S/C25H31N3O3/c1-5-7-15-27(6-2)22(29)17-28-23(30)25(26-24(28)31,20-11-9-8-10-12-20)21-14-13-18(3)19(4)16-21/h8-14,16H,5-7,15,17H2,1-4H3,(H,26,31)/t25-/m1/s1. The van der Waals surface area contributed by atoms with Crippen LogP contribution in [-0.4, -0.2) is 47.3 Å². The molecule has 0 aliphatic carbocycles. The average Bonchev–Trinajstić information content (AvgIpc) is 3.02. The Morgan fingerprint density at radius 3 is 2.32 bits per heavy atom. The van der Waals surface area contributed by atoms with E-state index in [1.54, 1.807) is 4.90 Å². The molecule has 1 aliphatic heterocycles. The van der Waals surface area contributed by atoms with Crippen LogP contribution in [0.2, 0.25) is 0 Å². The van der Waals surface area contributed by atoms with E-state index in [2.05, 4.69) is 12.2 Å². The highest BCUT2D eigenvalue weighted by Gasteiger charge is 2.54. The Morgan fingerprint density at radius 1 is 1.00 bits per heavy atom. The SMILES string of the molecule is CCCCN(CC)C(=O)CN1C(=O)N[C@](c2ccccc2)(c2ccc(C)c(C)c2)C1=O. The van der Waals surface area contributed by atoms with Crippen LogP contribution in [0.5, 0.6) is 0 Å². The number of carbonyl (C=O) groups excluding carboxylic acids is 3. The van der Waals surface area contributed by atoms with Crippen molar-refractivity contribution in [3.05, 3.63) is 70.8 Å². The van der Waals surface area contributed by atoms with Gasteiger partial charge in [-0.25, -0.2) is 4.79 Å². The molecule has 0 saturated carbocycles.